The fourth-order valence-electron chi connectivity index (χ4n) is 1.89. The molecule has 6 heteroatoms. The Morgan fingerprint density at radius 2 is 2.16 bits per heavy atom. The van der Waals surface area contributed by atoms with Crippen LogP contribution in [0.1, 0.15) is 10.4 Å². The number of hydrogen-bond acceptors (Lipinski definition) is 4. The van der Waals surface area contributed by atoms with Crippen molar-refractivity contribution in [3.05, 3.63) is 48.3 Å². The molecule has 1 aromatic carbocycles. The molecule has 1 amide bonds. The summed E-state index contributed by atoms with van der Waals surface area (Å²) in [6.45, 7) is 0. The van der Waals surface area contributed by atoms with Gasteiger partial charge in [0.05, 0.1) is 11.1 Å². The lowest BCUT2D eigenvalue weighted by atomic mass is 10.1. The Kier molecular flexibility index (Phi) is 2.60. The van der Waals surface area contributed by atoms with E-state index in [0.717, 1.165) is 5.39 Å². The van der Waals surface area contributed by atoms with Gasteiger partial charge < -0.3 is 10.7 Å². The Bertz CT molecular complexity index is 736. The number of benzene rings is 1. The smallest absolute Gasteiger partial charge is 0.258 e. The highest BCUT2D eigenvalue weighted by Crippen LogP contribution is 2.20. The molecule has 3 rings (SSSR count). The SMILES string of the molecule is Nc1cc(C(=O)Nc2ncc[nH]2)c2ccccc2n1. The topological polar surface area (TPSA) is 96.7 Å². The molecule has 3 aromatic rings. The average molecular weight is 253 g/mol. The third-order valence-corrected chi connectivity index (χ3v) is 2.71. The highest BCUT2D eigenvalue weighted by molar-refractivity contribution is 6.12. The lowest BCUT2D eigenvalue weighted by molar-refractivity contribution is 0.102. The molecule has 0 aliphatic heterocycles. The van der Waals surface area contributed by atoms with Crippen LogP contribution in [0.2, 0.25) is 0 Å². The third kappa shape index (κ3) is 2.11. The molecule has 0 atom stereocenters. The molecule has 6 nitrogen and oxygen atoms in total. The zero-order valence-electron chi connectivity index (χ0n) is 9.92. The number of carbonyl (C=O) groups is 1. The van der Waals surface area contributed by atoms with Crippen LogP contribution >= 0.6 is 0 Å². The summed E-state index contributed by atoms with van der Waals surface area (Å²) in [4.78, 5) is 23.2. The second kappa shape index (κ2) is 4.41. The Morgan fingerprint density at radius 3 is 2.95 bits per heavy atom. The highest BCUT2D eigenvalue weighted by atomic mass is 16.1. The number of H-pyrrole nitrogens is 1. The summed E-state index contributed by atoms with van der Waals surface area (Å²) in [6, 6.07) is 8.90. The maximum atomic E-state index is 12.2. The van der Waals surface area contributed by atoms with E-state index in [4.69, 9.17) is 5.73 Å². The van der Waals surface area contributed by atoms with E-state index in [2.05, 4.69) is 20.3 Å². The molecular formula is C13H11N5O. The first-order chi connectivity index (χ1) is 9.24. The summed E-state index contributed by atoms with van der Waals surface area (Å²) in [5.74, 6) is 0.424. The Hall–Kier alpha value is -2.89. The lowest BCUT2D eigenvalue weighted by Crippen LogP contribution is -2.14. The standard InChI is InChI=1S/C13H11N5O/c14-11-7-9(8-3-1-2-4-10(8)17-11)12(19)18-13-15-5-6-16-13/h1-7H,(H2,14,17)(H2,15,16,18,19). The molecule has 0 aliphatic rings. The van der Waals surface area contributed by atoms with Crippen molar-refractivity contribution in [3.8, 4) is 0 Å². The number of nitrogens with one attached hydrogen (secondary N) is 2. The third-order valence-electron chi connectivity index (χ3n) is 2.71. The molecule has 0 saturated carbocycles. The van der Waals surface area contributed by atoms with Gasteiger partial charge in [-0.05, 0) is 12.1 Å². The number of para-hydroxylation sites is 1. The van der Waals surface area contributed by atoms with E-state index in [1.807, 2.05) is 24.3 Å². The molecule has 0 unspecified atom stereocenters. The van der Waals surface area contributed by atoms with Crippen molar-refractivity contribution in [1.29, 1.82) is 0 Å². The number of imidazole rings is 1. The Balaban J connectivity index is 2.06. The minimum Gasteiger partial charge on any atom is -0.384 e. The number of nitrogen functional groups attached to an aromatic ring is 1. The Morgan fingerprint density at radius 1 is 1.32 bits per heavy atom. The van der Waals surface area contributed by atoms with Crippen LogP contribution in [0.15, 0.2) is 42.7 Å². The summed E-state index contributed by atoms with van der Waals surface area (Å²) < 4.78 is 0. The minimum atomic E-state index is -0.278. The van der Waals surface area contributed by atoms with Crippen molar-refractivity contribution in [3.63, 3.8) is 0 Å². The van der Waals surface area contributed by atoms with Crippen molar-refractivity contribution in [1.82, 2.24) is 15.0 Å². The zero-order valence-corrected chi connectivity index (χ0v) is 9.92. The first kappa shape index (κ1) is 11.2. The van der Waals surface area contributed by atoms with Crippen LogP contribution in [0.3, 0.4) is 0 Å². The van der Waals surface area contributed by atoms with Crippen molar-refractivity contribution in [2.24, 2.45) is 0 Å². The molecule has 19 heavy (non-hydrogen) atoms. The normalized spacial score (nSPS) is 10.5. The zero-order chi connectivity index (χ0) is 13.2. The largest absolute Gasteiger partial charge is 0.384 e. The molecule has 2 aromatic heterocycles. The number of nitrogens with zero attached hydrogens (tertiary/aromatic N) is 2. The number of nitrogens with two attached hydrogens (primary N) is 1. The van der Waals surface area contributed by atoms with Crippen molar-refractivity contribution in [2.45, 2.75) is 0 Å². The van der Waals surface area contributed by atoms with Gasteiger partial charge in [0.15, 0.2) is 0 Å². The summed E-state index contributed by atoms with van der Waals surface area (Å²) in [5.41, 5.74) is 6.88. The fourth-order valence-corrected chi connectivity index (χ4v) is 1.89. The number of amides is 1. The Labute approximate surface area is 108 Å². The predicted octanol–water partition coefficient (Wildman–Crippen LogP) is 1.79. The van der Waals surface area contributed by atoms with Crippen LogP contribution in [-0.2, 0) is 0 Å². The molecule has 0 aliphatic carbocycles. The molecule has 0 fully saturated rings. The number of anilines is 2. The van der Waals surface area contributed by atoms with Crippen LogP contribution in [-0.4, -0.2) is 20.9 Å². The van der Waals surface area contributed by atoms with Crippen LogP contribution in [0, 0.1) is 0 Å². The van der Waals surface area contributed by atoms with E-state index >= 15 is 0 Å². The van der Waals surface area contributed by atoms with Gasteiger partial charge >= 0.3 is 0 Å². The maximum absolute atomic E-state index is 12.2. The van der Waals surface area contributed by atoms with Gasteiger partial charge in [-0.15, -0.1) is 0 Å². The highest BCUT2D eigenvalue weighted by Gasteiger charge is 2.12. The van der Waals surface area contributed by atoms with E-state index in [1.54, 1.807) is 18.5 Å². The van der Waals surface area contributed by atoms with Crippen molar-refractivity contribution < 1.29 is 4.79 Å². The summed E-state index contributed by atoms with van der Waals surface area (Å²) in [5, 5.41) is 3.42. The molecule has 0 radical (unpaired) electrons. The van der Waals surface area contributed by atoms with Gasteiger partial charge in [0.25, 0.3) is 5.91 Å². The second-order valence-corrected chi connectivity index (χ2v) is 4.00. The maximum Gasteiger partial charge on any atom is 0.258 e. The van der Waals surface area contributed by atoms with Gasteiger partial charge in [0, 0.05) is 17.8 Å². The molecule has 2 heterocycles. The molecule has 0 spiro atoms. The van der Waals surface area contributed by atoms with Gasteiger partial charge in [0.2, 0.25) is 5.95 Å². The number of rotatable bonds is 2. The first-order valence-electron chi connectivity index (χ1n) is 5.70. The van der Waals surface area contributed by atoms with Gasteiger partial charge in [-0.3, -0.25) is 10.1 Å². The number of pyridine rings is 1. The van der Waals surface area contributed by atoms with E-state index in [-0.39, 0.29) is 5.91 Å². The summed E-state index contributed by atoms with van der Waals surface area (Å²) >= 11 is 0. The van der Waals surface area contributed by atoms with E-state index in [0.29, 0.717) is 22.8 Å². The van der Waals surface area contributed by atoms with Crippen LogP contribution in [0.5, 0.6) is 0 Å². The number of aromatic nitrogens is 3. The van der Waals surface area contributed by atoms with Gasteiger partial charge in [-0.25, -0.2) is 9.97 Å². The van der Waals surface area contributed by atoms with Crippen LogP contribution in [0.4, 0.5) is 11.8 Å². The lowest BCUT2D eigenvalue weighted by Gasteiger charge is -2.07. The van der Waals surface area contributed by atoms with Gasteiger partial charge in [-0.1, -0.05) is 18.2 Å². The molecule has 0 saturated heterocycles. The molecular weight excluding hydrogens is 242 g/mol. The molecule has 94 valence electrons. The first-order valence-corrected chi connectivity index (χ1v) is 5.70. The molecule has 4 N–H and O–H groups in total. The molecule has 0 bridgehead atoms. The monoisotopic (exact) mass is 253 g/mol. The number of carbonyl (C=O) groups excluding carboxylic acids is 1. The summed E-state index contributed by atoms with van der Waals surface area (Å²) in [7, 11) is 0. The van der Waals surface area contributed by atoms with Crippen LogP contribution < -0.4 is 11.1 Å². The summed E-state index contributed by atoms with van der Waals surface area (Å²) in [6.07, 6.45) is 3.20. The van der Waals surface area contributed by atoms with E-state index in [1.165, 1.54) is 0 Å². The number of aromatic amines is 1. The van der Waals surface area contributed by atoms with Crippen LogP contribution in [0.25, 0.3) is 10.9 Å². The quantitative estimate of drug-likeness (QED) is 0.648. The number of fused-ring (bicyclic) bond motifs is 1. The van der Waals surface area contributed by atoms with Gasteiger partial charge in [0.1, 0.15) is 5.82 Å². The van der Waals surface area contributed by atoms with Crippen molar-refractivity contribution in [2.75, 3.05) is 11.1 Å². The van der Waals surface area contributed by atoms with E-state index < -0.39 is 0 Å². The van der Waals surface area contributed by atoms with Crippen molar-refractivity contribution >= 4 is 28.6 Å². The minimum absolute atomic E-state index is 0.278. The van der Waals surface area contributed by atoms with Gasteiger partial charge in [-0.2, -0.15) is 0 Å². The fraction of sp³-hybridized carbons (Fsp3) is 0. The number of hydrogen-bond donors (Lipinski definition) is 3. The van der Waals surface area contributed by atoms with E-state index in [9.17, 15) is 4.79 Å². The predicted molar refractivity (Wildman–Crippen MR) is 72.7 cm³/mol. The second-order valence-electron chi connectivity index (χ2n) is 4.00. The average Bonchev–Trinajstić information content (AvgIpc) is 2.90.